The van der Waals surface area contributed by atoms with Gasteiger partial charge in [0.25, 0.3) is 5.56 Å². The van der Waals surface area contributed by atoms with Crippen LogP contribution >= 0.6 is 0 Å². The number of hydrogen-bond donors (Lipinski definition) is 1. The maximum absolute atomic E-state index is 12.0. The van der Waals surface area contributed by atoms with Crippen LogP contribution in [0.4, 0.5) is 0 Å². The average molecular weight is 257 g/mol. The zero-order valence-electron chi connectivity index (χ0n) is 10.2. The summed E-state index contributed by atoms with van der Waals surface area (Å²) in [7, 11) is 0. The highest BCUT2D eigenvalue weighted by Crippen LogP contribution is 2.31. The summed E-state index contributed by atoms with van der Waals surface area (Å²) < 4.78 is 6.61. The number of ether oxygens (including phenoxy) is 1. The first kappa shape index (κ1) is 11.5. The van der Waals surface area contributed by atoms with Crippen molar-refractivity contribution in [1.82, 2.24) is 4.57 Å². The highest BCUT2D eigenvalue weighted by atomic mass is 16.6. The molecule has 1 aromatic carbocycles. The Hall–Kier alpha value is -2.56. The summed E-state index contributed by atoms with van der Waals surface area (Å²) >= 11 is 0. The number of nitrogens with zero attached hydrogens (tertiary/aromatic N) is 1. The smallest absolute Gasteiger partial charge is 0.340 e. The average Bonchev–Trinajstić information content (AvgIpc) is 2.67. The standard InChI is InChI=1S/C14H11NO4/c1-8-6-9(16)7-12(17)15(8)13-10-4-2-3-5-11(10)14(18)19-13/h2-7,13,16H,1H3. The van der Waals surface area contributed by atoms with Crippen molar-refractivity contribution in [2.24, 2.45) is 0 Å². The van der Waals surface area contributed by atoms with Crippen molar-refractivity contribution in [2.75, 3.05) is 0 Å². The first-order chi connectivity index (χ1) is 9.08. The lowest BCUT2D eigenvalue weighted by atomic mass is 10.1. The van der Waals surface area contributed by atoms with Gasteiger partial charge >= 0.3 is 5.97 Å². The molecule has 0 aliphatic carbocycles. The number of aromatic nitrogens is 1. The molecule has 0 fully saturated rings. The van der Waals surface area contributed by atoms with Gasteiger partial charge in [-0.3, -0.25) is 9.36 Å². The van der Waals surface area contributed by atoms with Crippen LogP contribution in [-0.2, 0) is 4.74 Å². The van der Waals surface area contributed by atoms with Gasteiger partial charge in [-0.05, 0) is 19.1 Å². The van der Waals surface area contributed by atoms with Crippen LogP contribution in [0.15, 0.2) is 41.2 Å². The molecule has 2 aromatic rings. The fraction of sp³-hybridized carbons (Fsp3) is 0.143. The number of hydrogen-bond acceptors (Lipinski definition) is 4. The highest BCUT2D eigenvalue weighted by Gasteiger charge is 2.33. The molecule has 0 amide bonds. The molecule has 0 saturated carbocycles. The summed E-state index contributed by atoms with van der Waals surface area (Å²) in [4.78, 5) is 23.7. The number of benzene rings is 1. The number of fused-ring (bicyclic) bond motifs is 1. The lowest BCUT2D eigenvalue weighted by Crippen LogP contribution is -2.26. The number of esters is 1. The zero-order valence-corrected chi connectivity index (χ0v) is 10.2. The Morgan fingerprint density at radius 2 is 1.95 bits per heavy atom. The normalized spacial score (nSPS) is 17.1. The molecule has 1 atom stereocenters. The van der Waals surface area contributed by atoms with Crippen molar-refractivity contribution in [3.63, 3.8) is 0 Å². The first-order valence-corrected chi connectivity index (χ1v) is 5.80. The lowest BCUT2D eigenvalue weighted by molar-refractivity contribution is 0.0308. The van der Waals surface area contributed by atoms with Crippen molar-refractivity contribution in [2.45, 2.75) is 13.2 Å². The van der Waals surface area contributed by atoms with Crippen LogP contribution < -0.4 is 5.56 Å². The van der Waals surface area contributed by atoms with E-state index < -0.39 is 17.8 Å². The Balaban J connectivity index is 2.21. The molecule has 0 saturated heterocycles. The van der Waals surface area contributed by atoms with Gasteiger partial charge in [-0.1, -0.05) is 18.2 Å². The third-order valence-electron chi connectivity index (χ3n) is 3.15. The summed E-state index contributed by atoms with van der Waals surface area (Å²) in [5.74, 6) is -0.545. The molecule has 1 unspecified atom stereocenters. The highest BCUT2D eigenvalue weighted by molar-refractivity contribution is 5.93. The van der Waals surface area contributed by atoms with Gasteiger partial charge in [0.15, 0.2) is 0 Å². The predicted molar refractivity (Wildman–Crippen MR) is 67.1 cm³/mol. The molecule has 0 bridgehead atoms. The van der Waals surface area contributed by atoms with Gasteiger partial charge in [0, 0.05) is 17.3 Å². The summed E-state index contributed by atoms with van der Waals surface area (Å²) in [6, 6.07) is 9.50. The third-order valence-corrected chi connectivity index (χ3v) is 3.15. The summed E-state index contributed by atoms with van der Waals surface area (Å²) in [6.45, 7) is 1.68. The van der Waals surface area contributed by atoms with E-state index in [9.17, 15) is 14.7 Å². The molecule has 1 N–H and O–H groups in total. The second kappa shape index (κ2) is 3.98. The predicted octanol–water partition coefficient (Wildman–Crippen LogP) is 1.58. The maximum Gasteiger partial charge on any atom is 0.340 e. The van der Waals surface area contributed by atoms with Crippen LogP contribution in [-0.4, -0.2) is 15.6 Å². The number of pyridine rings is 1. The Kier molecular flexibility index (Phi) is 2.41. The van der Waals surface area contributed by atoms with E-state index in [1.165, 1.54) is 10.6 Å². The van der Waals surface area contributed by atoms with Gasteiger partial charge in [-0.15, -0.1) is 0 Å². The molecule has 0 radical (unpaired) electrons. The van der Waals surface area contributed by atoms with E-state index in [0.29, 0.717) is 16.8 Å². The van der Waals surface area contributed by atoms with E-state index >= 15 is 0 Å². The molecule has 0 spiro atoms. The first-order valence-electron chi connectivity index (χ1n) is 5.80. The maximum atomic E-state index is 12.0. The van der Waals surface area contributed by atoms with Crippen LogP contribution in [0.2, 0.25) is 0 Å². The van der Waals surface area contributed by atoms with Crippen molar-refractivity contribution in [1.29, 1.82) is 0 Å². The lowest BCUT2D eigenvalue weighted by Gasteiger charge is -2.17. The van der Waals surface area contributed by atoms with E-state index in [1.54, 1.807) is 31.2 Å². The Bertz CT molecular complexity index is 732. The van der Waals surface area contributed by atoms with Crippen molar-refractivity contribution in [3.8, 4) is 5.75 Å². The Morgan fingerprint density at radius 1 is 1.21 bits per heavy atom. The molecular formula is C14H11NO4. The third kappa shape index (κ3) is 1.71. The molecule has 1 aliphatic rings. The zero-order chi connectivity index (χ0) is 13.6. The Labute approximate surface area is 108 Å². The van der Waals surface area contributed by atoms with Crippen LogP contribution in [0.1, 0.15) is 27.8 Å². The van der Waals surface area contributed by atoms with E-state index in [1.807, 2.05) is 0 Å². The molecule has 19 heavy (non-hydrogen) atoms. The summed E-state index contributed by atoms with van der Waals surface area (Å²) in [6.07, 6.45) is -0.767. The quantitative estimate of drug-likeness (QED) is 0.787. The number of aryl methyl sites for hydroxylation is 1. The molecule has 5 nitrogen and oxygen atoms in total. The van der Waals surface area contributed by atoms with Crippen molar-refractivity contribution < 1.29 is 14.6 Å². The van der Waals surface area contributed by atoms with E-state index in [2.05, 4.69) is 0 Å². The van der Waals surface area contributed by atoms with E-state index in [4.69, 9.17) is 4.74 Å². The van der Waals surface area contributed by atoms with Gasteiger partial charge in [-0.2, -0.15) is 0 Å². The van der Waals surface area contributed by atoms with Gasteiger partial charge < -0.3 is 9.84 Å². The molecule has 3 rings (SSSR count). The SMILES string of the molecule is Cc1cc(O)cc(=O)n1C1OC(=O)c2ccccc21. The number of rotatable bonds is 1. The minimum Gasteiger partial charge on any atom is -0.508 e. The molecule has 1 aliphatic heterocycles. The summed E-state index contributed by atoms with van der Waals surface area (Å²) in [5, 5.41) is 9.39. The number of carbonyl (C=O) groups is 1. The van der Waals surface area contributed by atoms with Crippen LogP contribution in [0.25, 0.3) is 0 Å². The number of carbonyl (C=O) groups excluding carboxylic acids is 1. The van der Waals surface area contributed by atoms with Crippen LogP contribution in [0, 0.1) is 6.92 Å². The molecular weight excluding hydrogens is 246 g/mol. The second-order valence-corrected chi connectivity index (χ2v) is 4.41. The monoisotopic (exact) mass is 257 g/mol. The molecule has 2 heterocycles. The largest absolute Gasteiger partial charge is 0.508 e. The minimum absolute atomic E-state index is 0.101. The minimum atomic E-state index is -0.767. The van der Waals surface area contributed by atoms with Gasteiger partial charge in [0.1, 0.15) is 5.75 Å². The van der Waals surface area contributed by atoms with Gasteiger partial charge in [0.2, 0.25) is 6.23 Å². The Morgan fingerprint density at radius 3 is 2.68 bits per heavy atom. The van der Waals surface area contributed by atoms with Gasteiger partial charge in [-0.25, -0.2) is 4.79 Å². The van der Waals surface area contributed by atoms with Crippen LogP contribution in [0.5, 0.6) is 5.75 Å². The molecule has 96 valence electrons. The fourth-order valence-electron chi connectivity index (χ4n) is 2.31. The second-order valence-electron chi connectivity index (χ2n) is 4.41. The van der Waals surface area contributed by atoms with Crippen molar-refractivity contribution in [3.05, 3.63) is 63.6 Å². The molecule has 1 aromatic heterocycles. The topological polar surface area (TPSA) is 68.5 Å². The van der Waals surface area contributed by atoms with E-state index in [0.717, 1.165) is 6.07 Å². The number of aromatic hydroxyl groups is 1. The molecule has 5 heteroatoms. The number of cyclic esters (lactones) is 1. The van der Waals surface area contributed by atoms with Crippen LogP contribution in [0.3, 0.4) is 0 Å². The van der Waals surface area contributed by atoms with Crippen molar-refractivity contribution >= 4 is 5.97 Å². The van der Waals surface area contributed by atoms with E-state index in [-0.39, 0.29) is 5.75 Å². The summed E-state index contributed by atoms with van der Waals surface area (Å²) in [5.41, 5.74) is 1.24. The van der Waals surface area contributed by atoms with Gasteiger partial charge in [0.05, 0.1) is 5.56 Å². The fourth-order valence-corrected chi connectivity index (χ4v) is 2.31.